The van der Waals surface area contributed by atoms with E-state index in [0.29, 0.717) is 5.56 Å². The predicted octanol–water partition coefficient (Wildman–Crippen LogP) is 2.23. The maximum atomic E-state index is 11.2. The molecule has 0 spiro atoms. The van der Waals surface area contributed by atoms with Crippen molar-refractivity contribution in [1.29, 1.82) is 5.26 Å². The topological polar surface area (TPSA) is 50.1 Å². The Labute approximate surface area is 90.4 Å². The second-order valence-electron chi connectivity index (χ2n) is 2.64. The van der Waals surface area contributed by atoms with Gasteiger partial charge in [-0.3, -0.25) is 4.79 Å². The molecule has 0 aliphatic rings. The van der Waals surface area contributed by atoms with E-state index in [4.69, 9.17) is 5.26 Å². The number of esters is 1. The third kappa shape index (κ3) is 2.33. The molecule has 0 saturated heterocycles. The molecule has 0 amide bonds. The smallest absolute Gasteiger partial charge is 0.327 e. The Hall–Kier alpha value is -1.34. The Morgan fingerprint density at radius 1 is 1.64 bits per heavy atom. The van der Waals surface area contributed by atoms with Crippen LogP contribution in [0.2, 0.25) is 0 Å². The zero-order valence-corrected chi connectivity index (χ0v) is 9.11. The van der Waals surface area contributed by atoms with Crippen molar-refractivity contribution in [2.75, 3.05) is 7.11 Å². The van der Waals surface area contributed by atoms with E-state index in [2.05, 4.69) is 20.7 Å². The molecule has 0 fully saturated rings. The van der Waals surface area contributed by atoms with E-state index >= 15 is 0 Å². The van der Waals surface area contributed by atoms with E-state index in [1.807, 2.05) is 12.1 Å². The summed E-state index contributed by atoms with van der Waals surface area (Å²) in [5.41, 5.74) is 0.633. The molecule has 4 heteroatoms. The van der Waals surface area contributed by atoms with Crippen molar-refractivity contribution in [2.45, 2.75) is 5.92 Å². The van der Waals surface area contributed by atoms with Gasteiger partial charge in [0.15, 0.2) is 5.92 Å². The number of benzene rings is 1. The Morgan fingerprint density at radius 2 is 2.36 bits per heavy atom. The van der Waals surface area contributed by atoms with Gasteiger partial charge >= 0.3 is 5.97 Å². The molecular formula is C10H8BrNO2. The average molecular weight is 254 g/mol. The maximum absolute atomic E-state index is 11.2. The summed E-state index contributed by atoms with van der Waals surface area (Å²) in [5.74, 6) is -1.39. The van der Waals surface area contributed by atoms with Gasteiger partial charge < -0.3 is 4.74 Å². The Balaban J connectivity index is 3.02. The summed E-state index contributed by atoms with van der Waals surface area (Å²) >= 11 is 3.27. The first-order valence-electron chi connectivity index (χ1n) is 3.92. The molecule has 0 aliphatic heterocycles. The van der Waals surface area contributed by atoms with Crippen LogP contribution >= 0.6 is 15.9 Å². The predicted molar refractivity (Wildman–Crippen MR) is 54.5 cm³/mol. The molecule has 0 heterocycles. The molecule has 72 valence electrons. The number of halogens is 1. The van der Waals surface area contributed by atoms with Gasteiger partial charge in [0.1, 0.15) is 0 Å². The first-order valence-corrected chi connectivity index (χ1v) is 4.71. The molecule has 0 bridgehead atoms. The third-order valence-electron chi connectivity index (χ3n) is 1.75. The fourth-order valence-corrected chi connectivity index (χ4v) is 1.48. The Kier molecular flexibility index (Phi) is 3.66. The highest BCUT2D eigenvalue weighted by molar-refractivity contribution is 9.10. The highest BCUT2D eigenvalue weighted by Gasteiger charge is 2.20. The largest absolute Gasteiger partial charge is 0.468 e. The number of carbonyl (C=O) groups is 1. The lowest BCUT2D eigenvalue weighted by Crippen LogP contribution is -2.12. The van der Waals surface area contributed by atoms with E-state index in [1.54, 1.807) is 18.2 Å². The van der Waals surface area contributed by atoms with Gasteiger partial charge in [-0.15, -0.1) is 0 Å². The summed E-state index contributed by atoms with van der Waals surface area (Å²) in [7, 11) is 1.27. The van der Waals surface area contributed by atoms with Crippen LogP contribution in [0.3, 0.4) is 0 Å². The number of nitriles is 1. The van der Waals surface area contributed by atoms with Gasteiger partial charge in [0.25, 0.3) is 0 Å². The van der Waals surface area contributed by atoms with Crippen molar-refractivity contribution in [2.24, 2.45) is 0 Å². The molecule has 0 radical (unpaired) electrons. The standard InChI is InChI=1S/C10H8BrNO2/c1-14-10(13)9(6-12)7-3-2-4-8(11)5-7/h2-5,9H,1H3/t9-/m1/s1. The molecule has 0 unspecified atom stereocenters. The fourth-order valence-electron chi connectivity index (χ4n) is 1.07. The van der Waals surface area contributed by atoms with Crippen LogP contribution in [-0.2, 0) is 9.53 Å². The lowest BCUT2D eigenvalue weighted by molar-refractivity contribution is -0.140. The molecule has 1 aromatic rings. The number of ether oxygens (including phenoxy) is 1. The number of nitrogens with zero attached hydrogens (tertiary/aromatic N) is 1. The molecule has 14 heavy (non-hydrogen) atoms. The van der Waals surface area contributed by atoms with E-state index in [1.165, 1.54) is 7.11 Å². The van der Waals surface area contributed by atoms with Crippen LogP contribution in [0.5, 0.6) is 0 Å². The summed E-state index contributed by atoms with van der Waals surface area (Å²) in [6.07, 6.45) is 0. The number of hydrogen-bond donors (Lipinski definition) is 0. The maximum Gasteiger partial charge on any atom is 0.327 e. The van der Waals surface area contributed by atoms with Crippen molar-refractivity contribution < 1.29 is 9.53 Å². The summed E-state index contributed by atoms with van der Waals surface area (Å²) in [6.45, 7) is 0. The van der Waals surface area contributed by atoms with Gasteiger partial charge in [0.2, 0.25) is 0 Å². The van der Waals surface area contributed by atoms with Crippen molar-refractivity contribution in [1.82, 2.24) is 0 Å². The molecule has 3 nitrogen and oxygen atoms in total. The minimum absolute atomic E-state index is 0.536. The zero-order valence-electron chi connectivity index (χ0n) is 7.53. The zero-order chi connectivity index (χ0) is 10.6. The molecule has 1 atom stereocenters. The highest BCUT2D eigenvalue weighted by Crippen LogP contribution is 2.20. The lowest BCUT2D eigenvalue weighted by Gasteiger charge is -2.06. The molecular weight excluding hydrogens is 246 g/mol. The molecule has 0 aromatic heterocycles. The van der Waals surface area contributed by atoms with E-state index < -0.39 is 11.9 Å². The third-order valence-corrected chi connectivity index (χ3v) is 2.24. The van der Waals surface area contributed by atoms with Gasteiger partial charge in [-0.1, -0.05) is 28.1 Å². The summed E-state index contributed by atoms with van der Waals surface area (Å²) in [4.78, 5) is 11.2. The molecule has 0 N–H and O–H groups in total. The summed E-state index contributed by atoms with van der Waals surface area (Å²) in [5, 5.41) is 8.81. The molecule has 1 aromatic carbocycles. The summed E-state index contributed by atoms with van der Waals surface area (Å²) < 4.78 is 5.35. The Bertz CT molecular complexity index is 384. The van der Waals surface area contributed by atoms with Crippen LogP contribution < -0.4 is 0 Å². The molecule has 0 aliphatic carbocycles. The highest BCUT2D eigenvalue weighted by atomic mass is 79.9. The van der Waals surface area contributed by atoms with Gasteiger partial charge in [-0.25, -0.2) is 0 Å². The molecule has 0 saturated carbocycles. The van der Waals surface area contributed by atoms with E-state index in [9.17, 15) is 4.79 Å². The first kappa shape index (κ1) is 10.7. The monoisotopic (exact) mass is 253 g/mol. The van der Waals surface area contributed by atoms with Crippen LogP contribution in [0.4, 0.5) is 0 Å². The Morgan fingerprint density at radius 3 is 2.86 bits per heavy atom. The average Bonchev–Trinajstić information content (AvgIpc) is 2.19. The number of carbonyl (C=O) groups excluding carboxylic acids is 1. The van der Waals surface area contributed by atoms with Crippen molar-refractivity contribution in [3.05, 3.63) is 34.3 Å². The van der Waals surface area contributed by atoms with Crippen LogP contribution in [-0.4, -0.2) is 13.1 Å². The summed E-state index contributed by atoms with van der Waals surface area (Å²) in [6, 6.07) is 8.94. The van der Waals surface area contributed by atoms with Crippen molar-refractivity contribution in [3.8, 4) is 6.07 Å². The number of hydrogen-bond acceptors (Lipinski definition) is 3. The van der Waals surface area contributed by atoms with Crippen molar-refractivity contribution >= 4 is 21.9 Å². The second-order valence-corrected chi connectivity index (χ2v) is 3.56. The van der Waals surface area contributed by atoms with E-state index in [-0.39, 0.29) is 0 Å². The van der Waals surface area contributed by atoms with Crippen LogP contribution in [0, 0.1) is 11.3 Å². The van der Waals surface area contributed by atoms with Gasteiger partial charge in [-0.2, -0.15) is 5.26 Å². The molecule has 1 rings (SSSR count). The van der Waals surface area contributed by atoms with Gasteiger partial charge in [0, 0.05) is 4.47 Å². The van der Waals surface area contributed by atoms with Gasteiger partial charge in [0.05, 0.1) is 13.2 Å². The van der Waals surface area contributed by atoms with Crippen LogP contribution in [0.15, 0.2) is 28.7 Å². The van der Waals surface area contributed by atoms with E-state index in [0.717, 1.165) is 4.47 Å². The van der Waals surface area contributed by atoms with Crippen LogP contribution in [0.25, 0.3) is 0 Å². The fraction of sp³-hybridized carbons (Fsp3) is 0.200. The minimum atomic E-state index is -0.850. The van der Waals surface area contributed by atoms with Crippen LogP contribution in [0.1, 0.15) is 11.5 Å². The lowest BCUT2D eigenvalue weighted by atomic mass is 10.0. The minimum Gasteiger partial charge on any atom is -0.468 e. The SMILES string of the molecule is COC(=O)[C@H](C#N)c1cccc(Br)c1. The second kappa shape index (κ2) is 4.77. The van der Waals surface area contributed by atoms with Gasteiger partial charge in [-0.05, 0) is 17.7 Å². The normalized spacial score (nSPS) is 11.5. The quantitative estimate of drug-likeness (QED) is 0.760. The number of rotatable bonds is 2. The van der Waals surface area contributed by atoms with Crippen molar-refractivity contribution in [3.63, 3.8) is 0 Å². The number of methoxy groups -OCH3 is 1. The first-order chi connectivity index (χ1) is 6.69.